The Bertz CT molecular complexity index is 922. The van der Waals surface area contributed by atoms with E-state index in [4.69, 9.17) is 0 Å². The topological polar surface area (TPSA) is 15.6 Å². The summed E-state index contributed by atoms with van der Waals surface area (Å²) in [6.45, 7) is 7.05. The van der Waals surface area contributed by atoms with Crippen LogP contribution in [0.2, 0.25) is 0 Å². The van der Waals surface area contributed by atoms with E-state index in [1.54, 1.807) is 6.07 Å². The smallest absolute Gasteiger partial charge is 0.126 e. The van der Waals surface area contributed by atoms with Crippen molar-refractivity contribution in [1.29, 1.82) is 0 Å². The first-order valence-electron chi connectivity index (χ1n) is 9.59. The second-order valence-electron chi connectivity index (χ2n) is 6.90. The lowest BCUT2D eigenvalue weighted by atomic mass is 9.93. The molecule has 2 aromatic rings. The number of halogens is 1. The van der Waals surface area contributed by atoms with Gasteiger partial charge in [0.2, 0.25) is 0 Å². The number of nitrogens with zero attached hydrogens (tertiary/aromatic N) is 2. The first-order chi connectivity index (χ1) is 13.0. The highest BCUT2D eigenvalue weighted by Crippen LogP contribution is 2.36. The highest BCUT2D eigenvalue weighted by Gasteiger charge is 2.14. The number of hydrogen-bond donors (Lipinski definition) is 0. The standard InChI is InChI=1S/C24H27FN2/c1-5-7-8-21(17(3)19-9-11-22(25)18(6-2)15-19)20-10-12-24-23(16-20)26-13-14-27(24)4/h7-13,15-16H,5-6,14H2,1-4H3/b8-7-,21-17-. The maximum atomic E-state index is 13.9. The number of fused-ring (bicyclic) bond motifs is 1. The Hall–Kier alpha value is -2.68. The molecule has 0 atom stereocenters. The fourth-order valence-corrected chi connectivity index (χ4v) is 3.39. The zero-order valence-corrected chi connectivity index (χ0v) is 16.6. The summed E-state index contributed by atoms with van der Waals surface area (Å²) in [4.78, 5) is 6.77. The Kier molecular flexibility index (Phi) is 5.90. The number of hydrogen-bond acceptors (Lipinski definition) is 2. The van der Waals surface area contributed by atoms with Crippen LogP contribution in [0.4, 0.5) is 15.8 Å². The molecule has 0 unspecified atom stereocenters. The fourth-order valence-electron chi connectivity index (χ4n) is 3.39. The molecule has 3 heteroatoms. The van der Waals surface area contributed by atoms with Crippen LogP contribution in [0.5, 0.6) is 0 Å². The number of aryl methyl sites for hydroxylation is 1. The van der Waals surface area contributed by atoms with Gasteiger partial charge in [-0.2, -0.15) is 0 Å². The van der Waals surface area contributed by atoms with Gasteiger partial charge in [-0.05, 0) is 71.9 Å². The molecule has 0 saturated carbocycles. The quantitative estimate of drug-likeness (QED) is 0.441. The van der Waals surface area contributed by atoms with E-state index >= 15 is 0 Å². The van der Waals surface area contributed by atoms with E-state index in [2.05, 4.69) is 61.1 Å². The third kappa shape index (κ3) is 4.02. The lowest BCUT2D eigenvalue weighted by Crippen LogP contribution is -2.21. The summed E-state index contributed by atoms with van der Waals surface area (Å²) in [7, 11) is 2.08. The van der Waals surface area contributed by atoms with Gasteiger partial charge in [-0.1, -0.05) is 38.1 Å². The molecule has 1 aliphatic rings. The van der Waals surface area contributed by atoms with E-state index < -0.39 is 0 Å². The predicted molar refractivity (Wildman–Crippen MR) is 116 cm³/mol. The molecule has 2 aromatic carbocycles. The summed E-state index contributed by atoms with van der Waals surface area (Å²) in [6.07, 6.45) is 7.93. The molecule has 0 aromatic heterocycles. The Morgan fingerprint density at radius 2 is 1.93 bits per heavy atom. The van der Waals surface area contributed by atoms with E-state index in [1.165, 1.54) is 0 Å². The van der Waals surface area contributed by atoms with Gasteiger partial charge in [0.15, 0.2) is 0 Å². The van der Waals surface area contributed by atoms with Crippen molar-refractivity contribution in [1.82, 2.24) is 0 Å². The summed E-state index contributed by atoms with van der Waals surface area (Å²) in [6, 6.07) is 11.8. The minimum absolute atomic E-state index is 0.133. The number of rotatable bonds is 5. The molecule has 1 aliphatic heterocycles. The summed E-state index contributed by atoms with van der Waals surface area (Å²) in [5.74, 6) is -0.133. The van der Waals surface area contributed by atoms with Crippen LogP contribution in [-0.4, -0.2) is 19.8 Å². The van der Waals surface area contributed by atoms with Gasteiger partial charge in [0, 0.05) is 13.3 Å². The molecule has 1 heterocycles. The summed E-state index contributed by atoms with van der Waals surface area (Å²) < 4.78 is 13.9. The van der Waals surface area contributed by atoms with Crippen molar-refractivity contribution in [3.63, 3.8) is 0 Å². The van der Waals surface area contributed by atoms with Crippen LogP contribution in [0.1, 0.15) is 43.9 Å². The summed E-state index contributed by atoms with van der Waals surface area (Å²) in [5.41, 5.74) is 7.37. The maximum absolute atomic E-state index is 13.9. The van der Waals surface area contributed by atoms with Gasteiger partial charge in [0.05, 0.1) is 17.9 Å². The van der Waals surface area contributed by atoms with Gasteiger partial charge >= 0.3 is 0 Å². The lowest BCUT2D eigenvalue weighted by molar-refractivity contribution is 0.612. The van der Waals surface area contributed by atoms with Gasteiger partial charge in [0.1, 0.15) is 5.82 Å². The van der Waals surface area contributed by atoms with Crippen molar-refractivity contribution in [3.8, 4) is 0 Å². The third-order valence-electron chi connectivity index (χ3n) is 5.07. The molecule has 0 N–H and O–H groups in total. The molecule has 0 saturated heterocycles. The maximum Gasteiger partial charge on any atom is 0.126 e. The molecular weight excluding hydrogens is 335 g/mol. The van der Waals surface area contributed by atoms with E-state index in [0.29, 0.717) is 6.42 Å². The van der Waals surface area contributed by atoms with E-state index in [-0.39, 0.29) is 5.82 Å². The van der Waals surface area contributed by atoms with Crippen molar-refractivity contribution >= 4 is 28.7 Å². The van der Waals surface area contributed by atoms with E-state index in [1.807, 2.05) is 25.3 Å². The SMILES string of the molecule is CC/C=C\C(=C(/C)c1ccc(F)c(CC)c1)c1ccc2c(c1)N=CCN2C. The summed E-state index contributed by atoms with van der Waals surface area (Å²) in [5, 5.41) is 0. The van der Waals surface area contributed by atoms with Crippen molar-refractivity contribution in [2.75, 3.05) is 18.5 Å². The Labute approximate surface area is 161 Å². The minimum atomic E-state index is -0.133. The van der Waals surface area contributed by atoms with Gasteiger partial charge < -0.3 is 4.90 Å². The van der Waals surface area contributed by atoms with Crippen LogP contribution >= 0.6 is 0 Å². The number of allylic oxidation sites excluding steroid dienone is 4. The molecule has 0 amide bonds. The molecule has 27 heavy (non-hydrogen) atoms. The van der Waals surface area contributed by atoms with Crippen molar-refractivity contribution in [2.24, 2.45) is 4.99 Å². The number of anilines is 1. The zero-order valence-electron chi connectivity index (χ0n) is 16.6. The molecule has 2 nitrogen and oxygen atoms in total. The largest absolute Gasteiger partial charge is 0.368 e. The second-order valence-corrected chi connectivity index (χ2v) is 6.90. The zero-order chi connectivity index (χ0) is 19.4. The van der Waals surface area contributed by atoms with Crippen LogP contribution < -0.4 is 4.90 Å². The van der Waals surface area contributed by atoms with Crippen molar-refractivity contribution < 1.29 is 4.39 Å². The number of benzene rings is 2. The highest BCUT2D eigenvalue weighted by molar-refractivity contribution is 5.96. The molecule has 0 spiro atoms. The van der Waals surface area contributed by atoms with Gasteiger partial charge in [-0.3, -0.25) is 4.99 Å². The molecule has 0 radical (unpaired) electrons. The van der Waals surface area contributed by atoms with Crippen LogP contribution in [-0.2, 0) is 6.42 Å². The first-order valence-corrected chi connectivity index (χ1v) is 9.59. The number of aliphatic imine (C=N–C) groups is 1. The molecule has 0 aliphatic carbocycles. The average molecular weight is 362 g/mol. The third-order valence-corrected chi connectivity index (χ3v) is 5.07. The summed E-state index contributed by atoms with van der Waals surface area (Å²) >= 11 is 0. The molecule has 3 rings (SSSR count). The van der Waals surface area contributed by atoms with Crippen LogP contribution in [0.25, 0.3) is 11.1 Å². The molecule has 0 bridgehead atoms. The Balaban J connectivity index is 2.13. The highest BCUT2D eigenvalue weighted by atomic mass is 19.1. The fraction of sp³-hybridized carbons (Fsp3) is 0.292. The second kappa shape index (κ2) is 8.34. The monoisotopic (exact) mass is 362 g/mol. The molecule has 0 fully saturated rings. The molecular formula is C24H27FN2. The minimum Gasteiger partial charge on any atom is -0.368 e. The van der Waals surface area contributed by atoms with E-state index in [9.17, 15) is 4.39 Å². The lowest BCUT2D eigenvalue weighted by Gasteiger charge is -2.23. The van der Waals surface area contributed by atoms with E-state index in [0.717, 1.165) is 52.2 Å². The van der Waals surface area contributed by atoms with Gasteiger partial charge in [0.25, 0.3) is 0 Å². The van der Waals surface area contributed by atoms with Gasteiger partial charge in [-0.15, -0.1) is 0 Å². The van der Waals surface area contributed by atoms with Gasteiger partial charge in [-0.25, -0.2) is 4.39 Å². The van der Waals surface area contributed by atoms with Crippen molar-refractivity contribution in [3.05, 3.63) is 71.1 Å². The van der Waals surface area contributed by atoms with Crippen LogP contribution in [0.15, 0.2) is 53.5 Å². The van der Waals surface area contributed by atoms with Crippen LogP contribution in [0, 0.1) is 5.82 Å². The average Bonchev–Trinajstić information content (AvgIpc) is 2.68. The normalized spacial score (nSPS) is 14.5. The first kappa shape index (κ1) is 19.1. The predicted octanol–water partition coefficient (Wildman–Crippen LogP) is 6.44. The molecule has 140 valence electrons. The Morgan fingerprint density at radius 3 is 2.67 bits per heavy atom. The van der Waals surface area contributed by atoms with Crippen LogP contribution in [0.3, 0.4) is 0 Å². The van der Waals surface area contributed by atoms with Crippen molar-refractivity contribution in [2.45, 2.75) is 33.6 Å². The Morgan fingerprint density at radius 1 is 1.15 bits per heavy atom.